The van der Waals surface area contributed by atoms with Crippen LogP contribution in [0, 0.1) is 0 Å². The molecule has 0 saturated heterocycles. The molecule has 0 amide bonds. The fourth-order valence-electron chi connectivity index (χ4n) is 1.30. The lowest BCUT2D eigenvalue weighted by atomic mass is 10.1. The van der Waals surface area contributed by atoms with Gasteiger partial charge in [0.25, 0.3) is 0 Å². The Morgan fingerprint density at radius 3 is 2.39 bits per heavy atom. The first-order chi connectivity index (χ1) is 8.09. The van der Waals surface area contributed by atoms with Gasteiger partial charge in [0, 0.05) is 18.2 Å². The Bertz CT molecular complexity index is 547. The highest BCUT2D eigenvalue weighted by atomic mass is 32.2. The Morgan fingerprint density at radius 2 is 1.89 bits per heavy atom. The van der Waals surface area contributed by atoms with Crippen molar-refractivity contribution in [2.75, 3.05) is 6.26 Å². The molecule has 3 nitrogen and oxygen atoms in total. The molecule has 18 heavy (non-hydrogen) atoms. The van der Waals surface area contributed by atoms with Crippen molar-refractivity contribution >= 4 is 15.6 Å². The molecule has 100 valence electrons. The number of carbonyl (C=O) groups is 1. The van der Waals surface area contributed by atoms with E-state index in [9.17, 15) is 26.4 Å². The second-order valence-electron chi connectivity index (χ2n) is 3.84. The first-order valence-corrected chi connectivity index (χ1v) is 6.89. The predicted octanol–water partition coefficient (Wildman–Crippen LogP) is 2.62. The lowest BCUT2D eigenvalue weighted by molar-refractivity contribution is -0.133. The highest BCUT2D eigenvalue weighted by Gasteiger charge is 2.28. The van der Waals surface area contributed by atoms with E-state index in [1.165, 1.54) is 18.2 Å². The number of ketones is 1. The molecule has 7 heteroatoms. The Balaban J connectivity index is 2.88. The SMILES string of the molecule is CS(=O)(=O)c1cccc(C(=O)CCC(F)(F)F)c1. The van der Waals surface area contributed by atoms with Crippen molar-refractivity contribution in [1.29, 1.82) is 0 Å². The van der Waals surface area contributed by atoms with Gasteiger partial charge >= 0.3 is 6.18 Å². The van der Waals surface area contributed by atoms with E-state index in [-0.39, 0.29) is 10.5 Å². The summed E-state index contributed by atoms with van der Waals surface area (Å²) in [5, 5.41) is 0. The maximum atomic E-state index is 12.0. The van der Waals surface area contributed by atoms with E-state index in [4.69, 9.17) is 0 Å². The molecule has 1 aromatic rings. The van der Waals surface area contributed by atoms with Gasteiger partial charge in [-0.15, -0.1) is 0 Å². The quantitative estimate of drug-likeness (QED) is 0.797. The average Bonchev–Trinajstić information content (AvgIpc) is 2.24. The minimum absolute atomic E-state index is 0.0258. The fraction of sp³-hybridized carbons (Fsp3) is 0.364. The van der Waals surface area contributed by atoms with Crippen LogP contribution in [0.5, 0.6) is 0 Å². The molecular formula is C11H11F3O3S. The summed E-state index contributed by atoms with van der Waals surface area (Å²) in [6.07, 6.45) is -5.33. The molecule has 0 radical (unpaired) electrons. The number of halogens is 3. The van der Waals surface area contributed by atoms with Gasteiger partial charge in [-0.3, -0.25) is 4.79 Å². The number of carbonyl (C=O) groups excluding carboxylic acids is 1. The van der Waals surface area contributed by atoms with Crippen LogP contribution in [-0.4, -0.2) is 26.6 Å². The summed E-state index contributed by atoms with van der Waals surface area (Å²) < 4.78 is 58.3. The smallest absolute Gasteiger partial charge is 0.294 e. The minimum atomic E-state index is -4.40. The van der Waals surface area contributed by atoms with Crippen LogP contribution in [-0.2, 0) is 9.84 Å². The third-order valence-corrected chi connectivity index (χ3v) is 3.33. The van der Waals surface area contributed by atoms with Crippen LogP contribution in [0.2, 0.25) is 0 Å². The van der Waals surface area contributed by atoms with Crippen molar-refractivity contribution in [3.05, 3.63) is 29.8 Å². The summed E-state index contributed by atoms with van der Waals surface area (Å²) in [5.74, 6) is -0.724. The van der Waals surface area contributed by atoms with Gasteiger partial charge in [-0.25, -0.2) is 8.42 Å². The van der Waals surface area contributed by atoms with Gasteiger partial charge in [0.15, 0.2) is 15.6 Å². The van der Waals surface area contributed by atoms with Gasteiger partial charge in [0.05, 0.1) is 11.3 Å². The molecule has 0 saturated carbocycles. The summed E-state index contributed by atoms with van der Waals surface area (Å²) in [4.78, 5) is 11.4. The topological polar surface area (TPSA) is 51.2 Å². The number of hydrogen-bond donors (Lipinski definition) is 0. The van der Waals surface area contributed by atoms with E-state index in [0.29, 0.717) is 0 Å². The second kappa shape index (κ2) is 5.09. The molecular weight excluding hydrogens is 269 g/mol. The molecule has 0 aliphatic carbocycles. The summed E-state index contributed by atoms with van der Waals surface area (Å²) in [6.45, 7) is 0. The van der Waals surface area contributed by atoms with Crippen LogP contribution in [0.4, 0.5) is 13.2 Å². The van der Waals surface area contributed by atoms with Gasteiger partial charge < -0.3 is 0 Å². The average molecular weight is 280 g/mol. The minimum Gasteiger partial charge on any atom is -0.294 e. The van der Waals surface area contributed by atoms with Crippen LogP contribution in [0.1, 0.15) is 23.2 Å². The molecule has 0 atom stereocenters. The second-order valence-corrected chi connectivity index (χ2v) is 5.85. The summed E-state index contributed by atoms with van der Waals surface area (Å²) in [7, 11) is -3.48. The molecule has 0 N–H and O–H groups in total. The van der Waals surface area contributed by atoms with Crippen LogP contribution in [0.15, 0.2) is 29.2 Å². The van der Waals surface area contributed by atoms with E-state index < -0.39 is 34.6 Å². The van der Waals surface area contributed by atoms with Crippen molar-refractivity contribution in [1.82, 2.24) is 0 Å². The van der Waals surface area contributed by atoms with E-state index in [2.05, 4.69) is 0 Å². The Labute approximate surface area is 103 Å². The highest BCUT2D eigenvalue weighted by Crippen LogP contribution is 2.23. The molecule has 0 fully saturated rings. The van der Waals surface area contributed by atoms with Crippen LogP contribution >= 0.6 is 0 Å². The van der Waals surface area contributed by atoms with E-state index in [1.54, 1.807) is 0 Å². The summed E-state index contributed by atoms with van der Waals surface area (Å²) >= 11 is 0. The van der Waals surface area contributed by atoms with E-state index >= 15 is 0 Å². The summed E-state index contributed by atoms with van der Waals surface area (Å²) in [5.41, 5.74) is -0.0258. The van der Waals surface area contributed by atoms with Crippen molar-refractivity contribution < 1.29 is 26.4 Å². The Hall–Kier alpha value is -1.37. The molecule has 0 spiro atoms. The van der Waals surface area contributed by atoms with Gasteiger partial charge in [0.1, 0.15) is 0 Å². The molecule has 0 heterocycles. The number of benzene rings is 1. The van der Waals surface area contributed by atoms with Crippen LogP contribution < -0.4 is 0 Å². The first kappa shape index (κ1) is 14.7. The molecule has 0 aliphatic heterocycles. The molecule has 1 rings (SSSR count). The van der Waals surface area contributed by atoms with Crippen molar-refractivity contribution in [2.24, 2.45) is 0 Å². The number of alkyl halides is 3. The van der Waals surface area contributed by atoms with Crippen molar-refractivity contribution in [3.63, 3.8) is 0 Å². The number of sulfone groups is 1. The monoisotopic (exact) mass is 280 g/mol. The molecule has 0 aromatic heterocycles. The maximum absolute atomic E-state index is 12.0. The zero-order chi connectivity index (χ0) is 14.0. The fourth-order valence-corrected chi connectivity index (χ4v) is 1.97. The first-order valence-electron chi connectivity index (χ1n) is 5.00. The third kappa shape index (κ3) is 4.48. The number of rotatable bonds is 4. The molecule has 0 aliphatic rings. The maximum Gasteiger partial charge on any atom is 0.389 e. The van der Waals surface area contributed by atoms with E-state index in [1.807, 2.05) is 0 Å². The van der Waals surface area contributed by atoms with Crippen molar-refractivity contribution in [2.45, 2.75) is 23.9 Å². The Kier molecular flexibility index (Phi) is 4.16. The van der Waals surface area contributed by atoms with Gasteiger partial charge in [-0.05, 0) is 12.1 Å². The third-order valence-electron chi connectivity index (χ3n) is 2.22. The van der Waals surface area contributed by atoms with Crippen LogP contribution in [0.3, 0.4) is 0 Å². The lowest BCUT2D eigenvalue weighted by Gasteiger charge is -2.06. The predicted molar refractivity (Wildman–Crippen MR) is 59.2 cm³/mol. The highest BCUT2D eigenvalue weighted by molar-refractivity contribution is 7.90. The number of Topliss-reactive ketones (excluding diaryl/α,β-unsaturated/α-hetero) is 1. The number of hydrogen-bond acceptors (Lipinski definition) is 3. The van der Waals surface area contributed by atoms with Gasteiger partial charge in [-0.2, -0.15) is 13.2 Å². The lowest BCUT2D eigenvalue weighted by Crippen LogP contribution is -2.11. The largest absolute Gasteiger partial charge is 0.389 e. The van der Waals surface area contributed by atoms with E-state index in [0.717, 1.165) is 12.3 Å². The van der Waals surface area contributed by atoms with Gasteiger partial charge in [0.2, 0.25) is 0 Å². The Morgan fingerprint density at radius 1 is 1.28 bits per heavy atom. The molecule has 0 unspecified atom stereocenters. The van der Waals surface area contributed by atoms with Crippen LogP contribution in [0.25, 0.3) is 0 Å². The molecule has 0 bridgehead atoms. The molecule has 1 aromatic carbocycles. The normalized spacial score (nSPS) is 12.4. The summed E-state index contributed by atoms with van der Waals surface area (Å²) in [6, 6.07) is 5.01. The standard InChI is InChI=1S/C11H11F3O3S/c1-18(16,17)9-4-2-3-8(7-9)10(15)5-6-11(12,13)14/h2-4,7H,5-6H2,1H3. The zero-order valence-electron chi connectivity index (χ0n) is 9.49. The van der Waals surface area contributed by atoms with Crippen molar-refractivity contribution in [3.8, 4) is 0 Å². The zero-order valence-corrected chi connectivity index (χ0v) is 10.3. The van der Waals surface area contributed by atoms with Gasteiger partial charge in [-0.1, -0.05) is 12.1 Å².